The van der Waals surface area contributed by atoms with E-state index in [1.807, 2.05) is 0 Å². The van der Waals surface area contributed by atoms with Crippen LogP contribution in [-0.4, -0.2) is 9.13 Å². The minimum Gasteiger partial charge on any atom is -0.341 e. The summed E-state index contributed by atoms with van der Waals surface area (Å²) in [7, 11) is 0. The number of benzene rings is 5. The first-order chi connectivity index (χ1) is 20.7. The van der Waals surface area contributed by atoms with Crippen molar-refractivity contribution in [1.82, 2.24) is 9.13 Å². The van der Waals surface area contributed by atoms with Crippen molar-refractivity contribution in [1.29, 1.82) is 0 Å². The molecule has 2 heterocycles. The van der Waals surface area contributed by atoms with Crippen LogP contribution in [0.2, 0.25) is 0 Å². The predicted octanol–water partition coefficient (Wildman–Crippen LogP) is 11.4. The van der Waals surface area contributed by atoms with Crippen molar-refractivity contribution in [3.05, 3.63) is 106 Å². The van der Waals surface area contributed by atoms with Crippen LogP contribution in [0, 0.1) is 48.5 Å². The number of rotatable bonds is 4. The van der Waals surface area contributed by atoms with Crippen LogP contribution < -0.4 is 0 Å². The number of fused-ring (bicyclic) bond motifs is 6. The molecule has 0 fully saturated rings. The van der Waals surface area contributed by atoms with Gasteiger partial charge in [-0.05, 0) is 148 Å². The highest BCUT2D eigenvalue weighted by molar-refractivity contribution is 6.14. The molecule has 0 aliphatic carbocycles. The van der Waals surface area contributed by atoms with Crippen molar-refractivity contribution in [2.24, 2.45) is 0 Å². The normalized spacial score (nSPS) is 12.0. The van der Waals surface area contributed by atoms with E-state index < -0.39 is 0 Å². The summed E-state index contributed by atoms with van der Waals surface area (Å²) in [6, 6.07) is 24.9. The Hall–Kier alpha value is -4.30. The van der Waals surface area contributed by atoms with Crippen molar-refractivity contribution in [3.63, 3.8) is 0 Å². The second-order valence-corrected chi connectivity index (χ2v) is 12.5. The van der Waals surface area contributed by atoms with E-state index in [1.54, 1.807) is 0 Å². The van der Waals surface area contributed by atoms with Gasteiger partial charge in [0.25, 0.3) is 0 Å². The molecule has 216 valence electrons. The van der Waals surface area contributed by atoms with Gasteiger partial charge in [0, 0.05) is 51.2 Å². The molecule has 5 aromatic carbocycles. The molecular formula is C41H42N2. The number of hydrogen-bond donors (Lipinski definition) is 0. The van der Waals surface area contributed by atoms with Crippen LogP contribution in [0.3, 0.4) is 0 Å². The van der Waals surface area contributed by atoms with Gasteiger partial charge in [-0.3, -0.25) is 0 Å². The highest BCUT2D eigenvalue weighted by Gasteiger charge is 2.25. The topological polar surface area (TPSA) is 9.86 Å². The number of aryl methyl sites for hydroxylation is 4. The van der Waals surface area contributed by atoms with Crippen LogP contribution in [0.4, 0.5) is 0 Å². The number of para-hydroxylation sites is 2. The summed E-state index contributed by atoms with van der Waals surface area (Å²) in [4.78, 5) is 0. The molecule has 43 heavy (non-hydrogen) atoms. The molecule has 0 amide bonds. The molecule has 0 saturated heterocycles. The minimum absolute atomic E-state index is 0.966. The fourth-order valence-electron chi connectivity index (χ4n) is 8.22. The van der Waals surface area contributed by atoms with Crippen molar-refractivity contribution < 1.29 is 0 Å². The maximum Gasteiger partial charge on any atom is 0.0526 e. The van der Waals surface area contributed by atoms with Crippen molar-refractivity contribution in [2.75, 3.05) is 0 Å². The van der Waals surface area contributed by atoms with Gasteiger partial charge < -0.3 is 9.13 Å². The van der Waals surface area contributed by atoms with Gasteiger partial charge in [0.15, 0.2) is 0 Å². The van der Waals surface area contributed by atoms with Crippen LogP contribution in [0.1, 0.15) is 52.8 Å². The molecule has 0 radical (unpaired) electrons. The lowest BCUT2D eigenvalue weighted by Gasteiger charge is -2.25. The molecule has 0 spiro atoms. The third-order valence-electron chi connectivity index (χ3n) is 10.6. The minimum atomic E-state index is 0.966. The molecule has 2 heteroatoms. The fourth-order valence-corrected chi connectivity index (χ4v) is 8.22. The van der Waals surface area contributed by atoms with Gasteiger partial charge in [0.1, 0.15) is 0 Å². The number of hydrogen-bond acceptors (Lipinski definition) is 0. The molecule has 7 rings (SSSR count). The molecule has 0 saturated carbocycles. The van der Waals surface area contributed by atoms with E-state index in [9.17, 15) is 0 Å². The van der Waals surface area contributed by atoms with Crippen LogP contribution in [0.25, 0.3) is 65.9 Å². The molecule has 0 aliphatic heterocycles. The largest absolute Gasteiger partial charge is 0.341 e. The van der Waals surface area contributed by atoms with Crippen molar-refractivity contribution in [2.45, 2.75) is 75.4 Å². The Morgan fingerprint density at radius 2 is 0.930 bits per heavy atom. The third kappa shape index (κ3) is 3.65. The smallest absolute Gasteiger partial charge is 0.0526 e. The summed E-state index contributed by atoms with van der Waals surface area (Å²) in [6.45, 7) is 22.8. The quantitative estimate of drug-likeness (QED) is 0.202. The van der Waals surface area contributed by atoms with E-state index in [1.165, 1.54) is 105 Å². The Bertz CT molecular complexity index is 2240. The average Bonchev–Trinajstić information content (AvgIpc) is 3.53. The van der Waals surface area contributed by atoms with Crippen LogP contribution in [0.5, 0.6) is 0 Å². The third-order valence-corrected chi connectivity index (χ3v) is 10.6. The molecule has 0 atom stereocenters. The van der Waals surface area contributed by atoms with E-state index in [0.29, 0.717) is 0 Å². The Morgan fingerprint density at radius 3 is 1.56 bits per heavy atom. The molecule has 2 nitrogen and oxygen atoms in total. The Labute approximate surface area is 255 Å². The first-order valence-electron chi connectivity index (χ1n) is 15.8. The highest BCUT2D eigenvalue weighted by atomic mass is 15.0. The van der Waals surface area contributed by atoms with Gasteiger partial charge in [0.05, 0.1) is 5.52 Å². The fraction of sp³-hybridized carbons (Fsp3) is 0.268. The zero-order valence-electron chi connectivity index (χ0n) is 27.2. The van der Waals surface area contributed by atoms with Crippen LogP contribution in [0.15, 0.2) is 66.7 Å². The van der Waals surface area contributed by atoms with Gasteiger partial charge in [-0.2, -0.15) is 0 Å². The summed E-state index contributed by atoms with van der Waals surface area (Å²) in [6.07, 6.45) is 0. The SMILES string of the molecule is CCn1c2ccccc2c2cc(-c3c(C)c(C)c(-c4c(C)c(C)c5c(c4C)c4ccccc4n5CC)c(C)c3C)ccc21. The average molecular weight is 563 g/mol. The van der Waals surface area contributed by atoms with E-state index in [0.717, 1.165) is 13.1 Å². The van der Waals surface area contributed by atoms with E-state index in [2.05, 4.69) is 138 Å². The van der Waals surface area contributed by atoms with E-state index in [-0.39, 0.29) is 0 Å². The summed E-state index contributed by atoms with van der Waals surface area (Å²) >= 11 is 0. The van der Waals surface area contributed by atoms with E-state index in [4.69, 9.17) is 0 Å². The Balaban J connectivity index is 1.51. The summed E-state index contributed by atoms with van der Waals surface area (Å²) in [5, 5.41) is 5.45. The number of aromatic nitrogens is 2. The van der Waals surface area contributed by atoms with E-state index >= 15 is 0 Å². The molecule has 7 aromatic rings. The van der Waals surface area contributed by atoms with Crippen LogP contribution in [-0.2, 0) is 13.1 Å². The molecule has 2 aromatic heterocycles. The molecule has 0 bridgehead atoms. The maximum atomic E-state index is 2.51. The monoisotopic (exact) mass is 562 g/mol. The molecule has 0 N–H and O–H groups in total. The summed E-state index contributed by atoms with van der Waals surface area (Å²) < 4.78 is 4.95. The van der Waals surface area contributed by atoms with Gasteiger partial charge in [0.2, 0.25) is 0 Å². The second-order valence-electron chi connectivity index (χ2n) is 12.5. The van der Waals surface area contributed by atoms with Crippen LogP contribution >= 0.6 is 0 Å². The maximum absolute atomic E-state index is 2.51. The van der Waals surface area contributed by atoms with Gasteiger partial charge >= 0.3 is 0 Å². The summed E-state index contributed by atoms with van der Waals surface area (Å²) in [5.74, 6) is 0. The lowest BCUT2D eigenvalue weighted by molar-refractivity contribution is 0.824. The molecule has 0 unspecified atom stereocenters. The number of nitrogens with zero attached hydrogens (tertiary/aromatic N) is 2. The molecular weight excluding hydrogens is 520 g/mol. The second kappa shape index (κ2) is 9.88. The lowest BCUT2D eigenvalue weighted by Crippen LogP contribution is -2.04. The first kappa shape index (κ1) is 27.5. The molecule has 0 aliphatic rings. The van der Waals surface area contributed by atoms with Crippen molar-refractivity contribution >= 4 is 43.6 Å². The Morgan fingerprint density at radius 1 is 0.442 bits per heavy atom. The standard InChI is InChI=1S/C41H42N2/c1-10-42-34-18-14-12-16-31(34)33-22-30(20-21-36(33)42)37-23(3)25(5)38(26(6)24(37)4)39-27(7)28(8)41-40(29(39)9)32-17-13-15-19-35(32)43(41)11-2/h12-22H,10-11H2,1-9H3. The first-order valence-corrected chi connectivity index (χ1v) is 15.8. The van der Waals surface area contributed by atoms with Gasteiger partial charge in [-0.25, -0.2) is 0 Å². The zero-order valence-corrected chi connectivity index (χ0v) is 27.2. The van der Waals surface area contributed by atoms with Crippen molar-refractivity contribution in [3.8, 4) is 22.3 Å². The van der Waals surface area contributed by atoms with Gasteiger partial charge in [-0.15, -0.1) is 0 Å². The predicted molar refractivity (Wildman–Crippen MR) is 188 cm³/mol. The summed E-state index contributed by atoms with van der Waals surface area (Å²) in [5.41, 5.74) is 20.6. The zero-order chi connectivity index (χ0) is 30.3. The highest BCUT2D eigenvalue weighted by Crippen LogP contribution is 2.46. The van der Waals surface area contributed by atoms with Gasteiger partial charge in [-0.1, -0.05) is 42.5 Å². The lowest BCUT2D eigenvalue weighted by atomic mass is 9.79. The Kier molecular flexibility index (Phi) is 6.32.